The molecule has 7 nitrogen and oxygen atoms in total. The Morgan fingerprint density at radius 2 is 1.74 bits per heavy atom. The van der Waals surface area contributed by atoms with E-state index in [0.29, 0.717) is 24.0 Å². The van der Waals surface area contributed by atoms with Gasteiger partial charge in [-0.2, -0.15) is 0 Å². The summed E-state index contributed by atoms with van der Waals surface area (Å²) in [6.45, 7) is 6.38. The van der Waals surface area contributed by atoms with Crippen LogP contribution >= 0.6 is 0 Å². The second kappa shape index (κ2) is 8.23. The molecule has 1 aromatic heterocycles. The Balaban J connectivity index is 1.54. The van der Waals surface area contributed by atoms with E-state index in [1.165, 1.54) is 18.3 Å². The third kappa shape index (κ3) is 4.98. The van der Waals surface area contributed by atoms with Gasteiger partial charge in [0, 0.05) is 36.7 Å². The number of ether oxygens (including phenoxy) is 2. The number of benzene rings is 2. The molecule has 0 spiro atoms. The predicted molar refractivity (Wildman–Crippen MR) is 118 cm³/mol. The zero-order valence-electron chi connectivity index (χ0n) is 18.7. The molecule has 2 aromatic carbocycles. The molecule has 2 heterocycles. The molecular weight excluding hydrogens is 473 g/mol. The van der Waals surface area contributed by atoms with E-state index in [-0.39, 0.29) is 16.9 Å². The summed E-state index contributed by atoms with van der Waals surface area (Å²) < 4.78 is 74.0. The Morgan fingerprint density at radius 1 is 1.03 bits per heavy atom. The first kappa shape index (κ1) is 23.9. The number of hydrogen-bond acceptors (Lipinski definition) is 5. The van der Waals surface area contributed by atoms with E-state index in [9.17, 15) is 26.4 Å². The monoisotopic (exact) mass is 496 g/mol. The van der Waals surface area contributed by atoms with Crippen LogP contribution in [0.1, 0.15) is 32.3 Å². The van der Waals surface area contributed by atoms with Gasteiger partial charge >= 0.3 is 12.5 Å². The van der Waals surface area contributed by atoms with Gasteiger partial charge in [-0.05, 0) is 56.7 Å². The molecule has 0 bridgehead atoms. The van der Waals surface area contributed by atoms with Gasteiger partial charge in [0.05, 0.1) is 10.4 Å². The van der Waals surface area contributed by atoms with E-state index >= 15 is 0 Å². The van der Waals surface area contributed by atoms with Crippen LogP contribution in [0.25, 0.3) is 10.9 Å². The number of halogens is 3. The first-order valence-electron chi connectivity index (χ1n) is 10.4. The molecule has 0 atom stereocenters. The first-order chi connectivity index (χ1) is 15.7. The van der Waals surface area contributed by atoms with Crippen LogP contribution in [0.5, 0.6) is 5.75 Å². The molecule has 0 N–H and O–H groups in total. The molecule has 11 heteroatoms. The molecule has 1 fully saturated rings. The lowest BCUT2D eigenvalue weighted by molar-refractivity contribution is -0.274. The van der Waals surface area contributed by atoms with Crippen molar-refractivity contribution in [3.8, 4) is 5.75 Å². The highest BCUT2D eigenvalue weighted by atomic mass is 32.2. The summed E-state index contributed by atoms with van der Waals surface area (Å²) in [5.41, 5.74) is 0.755. The molecule has 182 valence electrons. The number of carbonyl (C=O) groups excluding carboxylic acids is 1. The summed E-state index contributed by atoms with van der Waals surface area (Å²) in [5.74, 6) is -0.528. The minimum absolute atomic E-state index is 0.0908. The van der Waals surface area contributed by atoms with Gasteiger partial charge in [0.15, 0.2) is 0 Å². The van der Waals surface area contributed by atoms with Crippen molar-refractivity contribution in [2.75, 3.05) is 13.1 Å². The van der Waals surface area contributed by atoms with Gasteiger partial charge < -0.3 is 14.4 Å². The highest BCUT2D eigenvalue weighted by molar-refractivity contribution is 7.90. The molecular formula is C23H23F3N2O5S. The molecule has 1 saturated heterocycles. The lowest BCUT2D eigenvalue weighted by atomic mass is 9.91. The number of alkyl halides is 3. The molecule has 34 heavy (non-hydrogen) atoms. The van der Waals surface area contributed by atoms with Gasteiger partial charge in [-0.25, -0.2) is 17.2 Å². The van der Waals surface area contributed by atoms with Gasteiger partial charge in [-0.1, -0.05) is 12.1 Å². The smallest absolute Gasteiger partial charge is 0.444 e. The average Bonchev–Trinajstić information content (AvgIpc) is 3.08. The second-order valence-electron chi connectivity index (χ2n) is 9.04. The third-order valence-electron chi connectivity index (χ3n) is 5.28. The minimum Gasteiger partial charge on any atom is -0.444 e. The number of aromatic nitrogens is 1. The summed E-state index contributed by atoms with van der Waals surface area (Å²) in [6, 6.07) is 11.2. The number of amides is 1. The van der Waals surface area contributed by atoms with Crippen LogP contribution in [-0.4, -0.2) is 48.4 Å². The van der Waals surface area contributed by atoms with Crippen LogP contribution in [0.3, 0.4) is 0 Å². The fourth-order valence-corrected chi connectivity index (χ4v) is 5.10. The van der Waals surface area contributed by atoms with Crippen molar-refractivity contribution in [1.29, 1.82) is 0 Å². The molecule has 4 rings (SSSR count). The number of carbonyl (C=O) groups is 1. The number of likely N-dealkylation sites (tertiary alicyclic amines) is 1. The predicted octanol–water partition coefficient (Wildman–Crippen LogP) is 5.11. The molecule has 1 aliphatic heterocycles. The number of rotatable bonds is 4. The Bertz CT molecular complexity index is 1340. The zero-order chi connectivity index (χ0) is 24.9. The lowest BCUT2D eigenvalue weighted by Gasteiger charge is -2.40. The van der Waals surface area contributed by atoms with Crippen molar-refractivity contribution in [1.82, 2.24) is 8.87 Å². The van der Waals surface area contributed by atoms with E-state index < -0.39 is 27.7 Å². The summed E-state index contributed by atoms with van der Waals surface area (Å²) in [7, 11) is -4.16. The standard InChI is InChI=1S/C23H23F3N2O5S/c1-22(2,3)33-21(29)27-13-17(14-27)15-7-8-20-16(11-15)9-10-28(20)34(30,31)19-6-4-5-18(12-19)32-23(24,25)26/h4-12,17H,13-14H2,1-3H3. The second-order valence-corrected chi connectivity index (χ2v) is 10.9. The molecule has 0 aliphatic carbocycles. The highest BCUT2D eigenvalue weighted by Gasteiger charge is 2.35. The maximum absolute atomic E-state index is 13.1. The van der Waals surface area contributed by atoms with Crippen LogP contribution in [0.2, 0.25) is 0 Å². The van der Waals surface area contributed by atoms with Crippen molar-refractivity contribution < 1.29 is 35.9 Å². The van der Waals surface area contributed by atoms with E-state index in [1.807, 2.05) is 6.07 Å². The highest BCUT2D eigenvalue weighted by Crippen LogP contribution is 2.32. The summed E-state index contributed by atoms with van der Waals surface area (Å²) in [6.07, 6.45) is -3.95. The van der Waals surface area contributed by atoms with Crippen molar-refractivity contribution in [2.24, 2.45) is 0 Å². The van der Waals surface area contributed by atoms with Gasteiger partial charge in [0.2, 0.25) is 0 Å². The number of nitrogens with zero attached hydrogens (tertiary/aromatic N) is 2. The molecule has 0 unspecified atom stereocenters. The Morgan fingerprint density at radius 3 is 2.38 bits per heavy atom. The van der Waals surface area contributed by atoms with Crippen molar-refractivity contribution in [3.05, 3.63) is 60.3 Å². The first-order valence-corrected chi connectivity index (χ1v) is 11.9. The van der Waals surface area contributed by atoms with Gasteiger partial charge in [0.1, 0.15) is 11.4 Å². The van der Waals surface area contributed by atoms with E-state index in [2.05, 4.69) is 4.74 Å². The van der Waals surface area contributed by atoms with Crippen LogP contribution in [0.15, 0.2) is 59.6 Å². The van der Waals surface area contributed by atoms with Gasteiger partial charge in [0.25, 0.3) is 10.0 Å². The van der Waals surface area contributed by atoms with Crippen molar-refractivity contribution >= 4 is 27.0 Å². The largest absolute Gasteiger partial charge is 0.573 e. The summed E-state index contributed by atoms with van der Waals surface area (Å²) >= 11 is 0. The quantitative estimate of drug-likeness (QED) is 0.502. The molecule has 3 aromatic rings. The minimum atomic E-state index is -4.93. The summed E-state index contributed by atoms with van der Waals surface area (Å²) in [4.78, 5) is 13.4. The Kier molecular flexibility index (Phi) is 5.79. The van der Waals surface area contributed by atoms with E-state index in [0.717, 1.165) is 21.7 Å². The van der Waals surface area contributed by atoms with Crippen LogP contribution < -0.4 is 4.74 Å². The normalized spacial score (nSPS) is 15.3. The lowest BCUT2D eigenvalue weighted by Crippen LogP contribution is -2.50. The third-order valence-corrected chi connectivity index (χ3v) is 6.97. The van der Waals surface area contributed by atoms with Crippen molar-refractivity contribution in [2.45, 2.75) is 43.5 Å². The van der Waals surface area contributed by atoms with Gasteiger partial charge in [-0.3, -0.25) is 0 Å². The van der Waals surface area contributed by atoms with Crippen LogP contribution in [-0.2, 0) is 14.8 Å². The number of hydrogen-bond donors (Lipinski definition) is 0. The van der Waals surface area contributed by atoms with E-state index in [4.69, 9.17) is 4.74 Å². The van der Waals surface area contributed by atoms with Crippen molar-refractivity contribution in [3.63, 3.8) is 0 Å². The zero-order valence-corrected chi connectivity index (χ0v) is 19.5. The average molecular weight is 497 g/mol. The van der Waals surface area contributed by atoms with Gasteiger partial charge in [-0.15, -0.1) is 13.2 Å². The Labute approximate surface area is 194 Å². The Hall–Kier alpha value is -3.21. The topological polar surface area (TPSA) is 77.8 Å². The molecule has 1 amide bonds. The fourth-order valence-electron chi connectivity index (χ4n) is 3.71. The SMILES string of the molecule is CC(C)(C)OC(=O)N1CC(c2ccc3c(ccn3S(=O)(=O)c3cccc(OC(F)(F)F)c3)c2)C1. The van der Waals surface area contributed by atoms with Crippen LogP contribution in [0, 0.1) is 0 Å². The number of fused-ring (bicyclic) bond motifs is 1. The maximum atomic E-state index is 13.1. The maximum Gasteiger partial charge on any atom is 0.573 e. The summed E-state index contributed by atoms with van der Waals surface area (Å²) in [5, 5.41) is 0.652. The molecule has 0 saturated carbocycles. The van der Waals surface area contributed by atoms with E-state index in [1.54, 1.807) is 43.9 Å². The van der Waals surface area contributed by atoms with Crippen LogP contribution in [0.4, 0.5) is 18.0 Å². The fraction of sp³-hybridized carbons (Fsp3) is 0.348. The molecule has 0 radical (unpaired) electrons. The molecule has 1 aliphatic rings.